The van der Waals surface area contributed by atoms with E-state index in [-0.39, 0.29) is 16.5 Å². The molecule has 0 fully saturated rings. The Bertz CT molecular complexity index is 793. The van der Waals surface area contributed by atoms with Crippen molar-refractivity contribution < 1.29 is 8.42 Å². The van der Waals surface area contributed by atoms with Gasteiger partial charge in [-0.15, -0.1) is 0 Å². The van der Waals surface area contributed by atoms with Crippen molar-refractivity contribution in [1.82, 2.24) is 20.1 Å². The molecule has 1 atom stereocenters. The molecule has 24 heavy (non-hydrogen) atoms. The molecule has 7 nitrogen and oxygen atoms in total. The zero-order valence-corrected chi connectivity index (χ0v) is 15.3. The molecule has 132 valence electrons. The Hall–Kier alpha value is -1.77. The van der Waals surface area contributed by atoms with E-state index < -0.39 is 10.0 Å². The molecule has 0 amide bonds. The second-order valence-electron chi connectivity index (χ2n) is 6.72. The summed E-state index contributed by atoms with van der Waals surface area (Å²) in [6, 6.07) is 6.71. The van der Waals surface area contributed by atoms with Gasteiger partial charge < -0.3 is 5.32 Å². The highest BCUT2D eigenvalue weighted by molar-refractivity contribution is 7.89. The first-order valence-corrected chi connectivity index (χ1v) is 9.43. The van der Waals surface area contributed by atoms with E-state index in [0.717, 1.165) is 17.8 Å². The third-order valence-corrected chi connectivity index (χ3v) is 4.67. The molecule has 0 aliphatic rings. The van der Waals surface area contributed by atoms with Gasteiger partial charge in [0, 0.05) is 6.04 Å². The topological polar surface area (TPSA) is 103 Å². The monoisotopic (exact) mass is 351 g/mol. The van der Waals surface area contributed by atoms with Crippen molar-refractivity contribution in [2.24, 2.45) is 5.14 Å². The predicted molar refractivity (Wildman–Crippen MR) is 92.7 cm³/mol. The maximum Gasteiger partial charge on any atom is 0.238 e. The Morgan fingerprint density at radius 1 is 1.33 bits per heavy atom. The van der Waals surface area contributed by atoms with Crippen LogP contribution in [0, 0.1) is 0 Å². The summed E-state index contributed by atoms with van der Waals surface area (Å²) < 4.78 is 24.9. The van der Waals surface area contributed by atoms with Crippen molar-refractivity contribution in [3.63, 3.8) is 0 Å². The van der Waals surface area contributed by atoms with Crippen LogP contribution in [0.15, 0.2) is 35.5 Å². The number of hydrogen-bond donors (Lipinski definition) is 2. The molecule has 3 N–H and O–H groups in total. The Morgan fingerprint density at radius 2 is 2.04 bits per heavy atom. The number of rotatable bonds is 6. The van der Waals surface area contributed by atoms with Crippen LogP contribution in [0.1, 0.15) is 51.5 Å². The van der Waals surface area contributed by atoms with E-state index >= 15 is 0 Å². The minimum atomic E-state index is -3.71. The molecule has 0 saturated heterocycles. The van der Waals surface area contributed by atoms with E-state index in [1.54, 1.807) is 18.5 Å². The number of aromatic nitrogens is 3. The molecule has 1 heterocycles. The average Bonchev–Trinajstić information content (AvgIpc) is 2.96. The fraction of sp³-hybridized carbons (Fsp3) is 0.500. The highest BCUT2D eigenvalue weighted by atomic mass is 32.2. The van der Waals surface area contributed by atoms with Crippen molar-refractivity contribution in [3.8, 4) is 0 Å². The summed E-state index contributed by atoms with van der Waals surface area (Å²) in [5.41, 5.74) is 0.730. The van der Waals surface area contributed by atoms with Crippen molar-refractivity contribution in [3.05, 3.63) is 42.0 Å². The predicted octanol–water partition coefficient (Wildman–Crippen LogP) is 1.92. The number of sulfonamides is 1. The fourth-order valence-electron chi connectivity index (χ4n) is 2.57. The molecule has 2 aromatic rings. The van der Waals surface area contributed by atoms with Crippen molar-refractivity contribution in [2.75, 3.05) is 0 Å². The molecule has 0 saturated carbocycles. The van der Waals surface area contributed by atoms with Crippen LogP contribution in [-0.4, -0.2) is 23.2 Å². The standard InChI is InChI=1S/C16H25N5O2S/c1-5-14(12-7-6-8-13(9-12)24(17,22)23)18-10-15-19-11-20-21(15)16(2,3)4/h6-9,11,14,18H,5,10H2,1-4H3,(H2,17,22,23). The third kappa shape index (κ3) is 4.40. The van der Waals surface area contributed by atoms with Crippen LogP contribution < -0.4 is 10.5 Å². The second kappa shape index (κ2) is 7.00. The van der Waals surface area contributed by atoms with Gasteiger partial charge in [0.1, 0.15) is 12.2 Å². The van der Waals surface area contributed by atoms with Crippen LogP contribution in [0.3, 0.4) is 0 Å². The number of nitrogens with one attached hydrogen (secondary N) is 1. The van der Waals surface area contributed by atoms with E-state index in [4.69, 9.17) is 5.14 Å². The van der Waals surface area contributed by atoms with Gasteiger partial charge in [-0.2, -0.15) is 5.10 Å². The molecular formula is C16H25N5O2S. The SMILES string of the molecule is CCC(NCc1ncnn1C(C)(C)C)c1cccc(S(N)(=O)=O)c1. The highest BCUT2D eigenvalue weighted by Gasteiger charge is 2.19. The van der Waals surface area contributed by atoms with Gasteiger partial charge in [-0.1, -0.05) is 19.1 Å². The average molecular weight is 351 g/mol. The summed E-state index contributed by atoms with van der Waals surface area (Å²) in [4.78, 5) is 4.44. The normalized spacial score (nSPS) is 13.9. The zero-order chi connectivity index (χ0) is 18.0. The Morgan fingerprint density at radius 3 is 2.62 bits per heavy atom. The van der Waals surface area contributed by atoms with Gasteiger partial charge in [0.2, 0.25) is 10.0 Å². The summed E-state index contributed by atoms with van der Waals surface area (Å²) in [6.45, 7) is 8.78. The lowest BCUT2D eigenvalue weighted by molar-refractivity contribution is 0.334. The van der Waals surface area contributed by atoms with Crippen molar-refractivity contribution >= 4 is 10.0 Å². The van der Waals surface area contributed by atoms with Gasteiger partial charge in [0.25, 0.3) is 0 Å². The van der Waals surface area contributed by atoms with E-state index in [1.807, 2.05) is 17.7 Å². The Labute approximate surface area is 143 Å². The zero-order valence-electron chi connectivity index (χ0n) is 14.5. The van der Waals surface area contributed by atoms with Gasteiger partial charge in [0.15, 0.2) is 0 Å². The summed E-state index contributed by atoms with van der Waals surface area (Å²) in [5.74, 6) is 0.837. The first-order chi connectivity index (χ1) is 11.1. The van der Waals surface area contributed by atoms with Gasteiger partial charge in [0.05, 0.1) is 17.0 Å². The van der Waals surface area contributed by atoms with Crippen LogP contribution in [-0.2, 0) is 22.1 Å². The number of hydrogen-bond acceptors (Lipinski definition) is 5. The molecule has 0 radical (unpaired) electrons. The summed E-state index contributed by atoms with van der Waals surface area (Å²) >= 11 is 0. The molecule has 0 aliphatic carbocycles. The smallest absolute Gasteiger partial charge is 0.238 e. The minimum Gasteiger partial charge on any atom is -0.303 e. The van der Waals surface area contributed by atoms with E-state index in [0.29, 0.717) is 6.54 Å². The lowest BCUT2D eigenvalue weighted by atomic mass is 10.0. The van der Waals surface area contributed by atoms with Gasteiger partial charge in [-0.25, -0.2) is 23.2 Å². The highest BCUT2D eigenvalue weighted by Crippen LogP contribution is 2.21. The summed E-state index contributed by atoms with van der Waals surface area (Å²) in [5, 5.41) is 12.9. The fourth-order valence-corrected chi connectivity index (χ4v) is 3.14. The van der Waals surface area contributed by atoms with Crippen molar-refractivity contribution in [2.45, 2.75) is 57.1 Å². The van der Waals surface area contributed by atoms with E-state index in [1.165, 1.54) is 6.07 Å². The van der Waals surface area contributed by atoms with Crippen LogP contribution in [0.25, 0.3) is 0 Å². The molecule has 0 aliphatic heterocycles. The van der Waals surface area contributed by atoms with Gasteiger partial charge in [-0.05, 0) is 44.9 Å². The van der Waals surface area contributed by atoms with Crippen LogP contribution in [0.4, 0.5) is 0 Å². The second-order valence-corrected chi connectivity index (χ2v) is 8.28. The maximum atomic E-state index is 11.5. The Balaban J connectivity index is 2.18. The largest absolute Gasteiger partial charge is 0.303 e. The minimum absolute atomic E-state index is 0.00295. The Kier molecular flexibility index (Phi) is 5.42. The number of nitrogens with zero attached hydrogens (tertiary/aromatic N) is 3. The number of primary sulfonamides is 1. The maximum absolute atomic E-state index is 11.5. The van der Waals surface area contributed by atoms with Crippen molar-refractivity contribution in [1.29, 1.82) is 0 Å². The number of benzene rings is 1. The third-order valence-electron chi connectivity index (χ3n) is 3.76. The molecule has 1 unspecified atom stereocenters. The first-order valence-electron chi connectivity index (χ1n) is 7.88. The molecule has 1 aromatic heterocycles. The van der Waals surface area contributed by atoms with Gasteiger partial charge >= 0.3 is 0 Å². The molecule has 0 bridgehead atoms. The van der Waals surface area contributed by atoms with Crippen LogP contribution in [0.2, 0.25) is 0 Å². The quantitative estimate of drug-likeness (QED) is 0.827. The molecule has 8 heteroatoms. The molecule has 0 spiro atoms. The number of nitrogens with two attached hydrogens (primary N) is 1. The molecular weight excluding hydrogens is 326 g/mol. The summed E-state index contributed by atoms with van der Waals surface area (Å²) in [6.07, 6.45) is 2.35. The van der Waals surface area contributed by atoms with E-state index in [2.05, 4.69) is 36.2 Å². The lowest BCUT2D eigenvalue weighted by Gasteiger charge is -2.23. The van der Waals surface area contributed by atoms with Crippen LogP contribution in [0.5, 0.6) is 0 Å². The van der Waals surface area contributed by atoms with Crippen LogP contribution >= 0.6 is 0 Å². The summed E-state index contributed by atoms with van der Waals surface area (Å²) in [7, 11) is -3.71. The van der Waals surface area contributed by atoms with Gasteiger partial charge in [-0.3, -0.25) is 0 Å². The van der Waals surface area contributed by atoms with E-state index in [9.17, 15) is 8.42 Å². The molecule has 2 rings (SSSR count). The first kappa shape index (κ1) is 18.6. The lowest BCUT2D eigenvalue weighted by Crippen LogP contribution is -2.29. The molecule has 1 aromatic carbocycles.